The van der Waals surface area contributed by atoms with Crippen molar-refractivity contribution in [3.8, 4) is 0 Å². The van der Waals surface area contributed by atoms with Gasteiger partial charge in [0.25, 0.3) is 0 Å². The quantitative estimate of drug-likeness (QED) is 0.868. The van der Waals surface area contributed by atoms with Crippen molar-refractivity contribution in [1.82, 2.24) is 9.97 Å². The smallest absolute Gasteiger partial charge is 0.355 e. The van der Waals surface area contributed by atoms with Gasteiger partial charge in [0, 0.05) is 23.0 Å². The van der Waals surface area contributed by atoms with E-state index in [1.54, 1.807) is 6.20 Å². The molecule has 0 aliphatic heterocycles. The number of aryl methyl sites for hydroxylation is 1. The first-order chi connectivity index (χ1) is 8.15. The summed E-state index contributed by atoms with van der Waals surface area (Å²) in [6.45, 7) is 2.43. The van der Waals surface area contributed by atoms with Gasteiger partial charge in [0.15, 0.2) is 5.69 Å². The molecule has 5 nitrogen and oxygen atoms in total. The maximum Gasteiger partial charge on any atom is 0.355 e. The first kappa shape index (κ1) is 11.5. The highest BCUT2D eigenvalue weighted by molar-refractivity contribution is 7.09. The Morgan fingerprint density at radius 3 is 3.06 bits per heavy atom. The predicted octanol–water partition coefficient (Wildman–Crippen LogP) is 2.16. The average Bonchev–Trinajstić information content (AvgIpc) is 2.75. The number of pyridine rings is 1. The third-order valence-electron chi connectivity index (χ3n) is 2.11. The van der Waals surface area contributed by atoms with Gasteiger partial charge in [0.2, 0.25) is 0 Å². The number of rotatable bonds is 4. The number of carboxylic acids is 1. The Labute approximate surface area is 102 Å². The van der Waals surface area contributed by atoms with Crippen LogP contribution in [0.2, 0.25) is 0 Å². The maximum atomic E-state index is 10.6. The molecule has 0 atom stereocenters. The maximum absolute atomic E-state index is 10.6. The monoisotopic (exact) mass is 249 g/mol. The predicted molar refractivity (Wildman–Crippen MR) is 65.4 cm³/mol. The Bertz CT molecular complexity index is 539. The molecule has 0 amide bonds. The van der Waals surface area contributed by atoms with Crippen LogP contribution in [0.5, 0.6) is 0 Å². The minimum absolute atomic E-state index is 0.0951. The number of aromatic carboxylic acids is 1. The first-order valence-electron chi connectivity index (χ1n) is 4.99. The molecule has 2 N–H and O–H groups in total. The lowest BCUT2D eigenvalue weighted by atomic mass is 10.3. The van der Waals surface area contributed by atoms with Crippen LogP contribution in [0.4, 0.5) is 5.69 Å². The molecular formula is C11H11N3O2S. The summed E-state index contributed by atoms with van der Waals surface area (Å²) in [4.78, 5) is 18.7. The number of carboxylic acid groups (broad SMARTS) is 1. The molecule has 0 fully saturated rings. The van der Waals surface area contributed by atoms with Crippen LogP contribution < -0.4 is 5.32 Å². The molecule has 0 aromatic carbocycles. The van der Waals surface area contributed by atoms with Gasteiger partial charge in [-0.1, -0.05) is 0 Å². The summed E-state index contributed by atoms with van der Waals surface area (Å²) in [5.74, 6) is -0.993. The van der Waals surface area contributed by atoms with Crippen LogP contribution in [0.15, 0.2) is 23.7 Å². The number of hydrogen-bond donors (Lipinski definition) is 2. The molecule has 0 aliphatic carbocycles. The zero-order chi connectivity index (χ0) is 12.3. The van der Waals surface area contributed by atoms with Crippen LogP contribution in [0.3, 0.4) is 0 Å². The summed E-state index contributed by atoms with van der Waals surface area (Å²) in [6, 6.07) is 3.78. The summed E-state index contributed by atoms with van der Waals surface area (Å²) in [6.07, 6.45) is 1.72. The number of nitrogens with one attached hydrogen (secondary N) is 1. The second kappa shape index (κ2) is 4.92. The van der Waals surface area contributed by atoms with E-state index in [-0.39, 0.29) is 5.69 Å². The average molecular weight is 249 g/mol. The molecular weight excluding hydrogens is 238 g/mol. The van der Waals surface area contributed by atoms with Crippen LogP contribution in [0, 0.1) is 6.92 Å². The molecule has 6 heteroatoms. The highest BCUT2D eigenvalue weighted by Gasteiger charge is 2.08. The minimum atomic E-state index is -0.993. The Balaban J connectivity index is 2.00. The van der Waals surface area contributed by atoms with Crippen molar-refractivity contribution in [2.24, 2.45) is 0 Å². The van der Waals surface area contributed by atoms with Gasteiger partial charge < -0.3 is 10.4 Å². The van der Waals surface area contributed by atoms with Crippen molar-refractivity contribution in [3.05, 3.63) is 40.1 Å². The van der Waals surface area contributed by atoms with E-state index in [1.807, 2.05) is 19.1 Å². The van der Waals surface area contributed by atoms with E-state index in [0.29, 0.717) is 6.54 Å². The molecule has 0 saturated heterocycles. The topological polar surface area (TPSA) is 75.1 Å². The Kier molecular flexibility index (Phi) is 3.34. The third-order valence-corrected chi connectivity index (χ3v) is 2.96. The lowest BCUT2D eigenvalue weighted by Crippen LogP contribution is -2.01. The molecule has 0 radical (unpaired) electrons. The van der Waals surface area contributed by atoms with Gasteiger partial charge in [-0.05, 0) is 19.1 Å². The van der Waals surface area contributed by atoms with E-state index in [1.165, 1.54) is 16.7 Å². The number of anilines is 1. The van der Waals surface area contributed by atoms with Crippen LogP contribution in [-0.4, -0.2) is 21.0 Å². The van der Waals surface area contributed by atoms with Gasteiger partial charge >= 0.3 is 5.97 Å². The van der Waals surface area contributed by atoms with Crippen molar-refractivity contribution in [2.45, 2.75) is 13.5 Å². The largest absolute Gasteiger partial charge is 0.476 e. The highest BCUT2D eigenvalue weighted by Crippen LogP contribution is 2.13. The van der Waals surface area contributed by atoms with Crippen molar-refractivity contribution in [1.29, 1.82) is 0 Å². The van der Waals surface area contributed by atoms with Gasteiger partial charge in [0.1, 0.15) is 5.01 Å². The number of aromatic nitrogens is 2. The Hall–Kier alpha value is -1.95. The Morgan fingerprint density at radius 1 is 1.59 bits per heavy atom. The number of carbonyl (C=O) groups is 1. The third kappa shape index (κ3) is 3.01. The molecule has 2 rings (SSSR count). The van der Waals surface area contributed by atoms with Crippen LogP contribution >= 0.6 is 11.3 Å². The minimum Gasteiger partial charge on any atom is -0.476 e. The molecule has 0 aliphatic rings. The molecule has 0 bridgehead atoms. The van der Waals surface area contributed by atoms with Crippen LogP contribution in [0.25, 0.3) is 0 Å². The molecule has 2 aromatic rings. The molecule has 2 heterocycles. The number of thiazole rings is 1. The lowest BCUT2D eigenvalue weighted by Gasteiger charge is -2.03. The summed E-state index contributed by atoms with van der Waals surface area (Å²) in [7, 11) is 0. The molecule has 0 spiro atoms. The van der Waals surface area contributed by atoms with Crippen LogP contribution in [0.1, 0.15) is 21.2 Å². The van der Waals surface area contributed by atoms with Gasteiger partial charge in [-0.3, -0.25) is 4.98 Å². The van der Waals surface area contributed by atoms with Crippen molar-refractivity contribution >= 4 is 23.0 Å². The lowest BCUT2D eigenvalue weighted by molar-refractivity contribution is 0.0691. The fraction of sp³-hybridized carbons (Fsp3) is 0.182. The van der Waals surface area contributed by atoms with Crippen molar-refractivity contribution in [3.63, 3.8) is 0 Å². The molecule has 0 saturated carbocycles. The summed E-state index contributed by atoms with van der Waals surface area (Å²) < 4.78 is 0. The first-order valence-corrected chi connectivity index (χ1v) is 5.87. The zero-order valence-electron chi connectivity index (χ0n) is 9.17. The normalized spacial score (nSPS) is 10.2. The second-order valence-electron chi connectivity index (χ2n) is 3.47. The molecule has 88 valence electrons. The molecule has 2 aromatic heterocycles. The van der Waals surface area contributed by atoms with E-state index in [2.05, 4.69) is 15.3 Å². The van der Waals surface area contributed by atoms with E-state index in [4.69, 9.17) is 5.11 Å². The summed E-state index contributed by atoms with van der Waals surface area (Å²) in [5.41, 5.74) is 1.97. The molecule has 0 unspecified atom stereocenters. The van der Waals surface area contributed by atoms with Crippen LogP contribution in [-0.2, 0) is 6.54 Å². The Morgan fingerprint density at radius 2 is 2.41 bits per heavy atom. The van der Waals surface area contributed by atoms with E-state index in [9.17, 15) is 4.79 Å². The van der Waals surface area contributed by atoms with Gasteiger partial charge in [-0.25, -0.2) is 9.78 Å². The number of nitrogens with zero attached hydrogens (tertiary/aromatic N) is 2. The standard InChI is InChI=1S/C11H11N3O2S/c1-7-4-8(2-3-12-7)13-5-10-14-9(6-17-10)11(15)16/h2-4,6H,5H2,1H3,(H,12,13)(H,15,16). The fourth-order valence-corrected chi connectivity index (χ4v) is 2.03. The van der Waals surface area contributed by atoms with E-state index < -0.39 is 5.97 Å². The van der Waals surface area contributed by atoms with Gasteiger partial charge in [0.05, 0.1) is 6.54 Å². The summed E-state index contributed by atoms with van der Waals surface area (Å²) in [5, 5.41) is 14.2. The molecule has 17 heavy (non-hydrogen) atoms. The van der Waals surface area contributed by atoms with Crippen molar-refractivity contribution in [2.75, 3.05) is 5.32 Å². The summed E-state index contributed by atoms with van der Waals surface area (Å²) >= 11 is 1.33. The van der Waals surface area contributed by atoms with E-state index in [0.717, 1.165) is 16.4 Å². The van der Waals surface area contributed by atoms with Gasteiger partial charge in [-0.15, -0.1) is 11.3 Å². The highest BCUT2D eigenvalue weighted by atomic mass is 32.1. The SMILES string of the molecule is Cc1cc(NCc2nc(C(=O)O)cs2)ccn1. The number of hydrogen-bond acceptors (Lipinski definition) is 5. The fourth-order valence-electron chi connectivity index (χ4n) is 1.32. The zero-order valence-corrected chi connectivity index (χ0v) is 9.99. The van der Waals surface area contributed by atoms with Gasteiger partial charge in [-0.2, -0.15) is 0 Å². The van der Waals surface area contributed by atoms with E-state index >= 15 is 0 Å². The second-order valence-corrected chi connectivity index (χ2v) is 4.41. The van der Waals surface area contributed by atoms with Crippen molar-refractivity contribution < 1.29 is 9.90 Å².